The summed E-state index contributed by atoms with van der Waals surface area (Å²) < 4.78 is 50.5. The molecule has 3 aliphatic heterocycles. The molecule has 3 aliphatic rings. The van der Waals surface area contributed by atoms with Crippen LogP contribution in [-0.4, -0.2) is 69.5 Å². The molecule has 3 saturated heterocycles. The van der Waals surface area contributed by atoms with E-state index in [1.807, 2.05) is 4.90 Å². The molecule has 10 heteroatoms. The van der Waals surface area contributed by atoms with Crippen LogP contribution in [0.4, 0.5) is 5.69 Å². The number of anilines is 1. The largest absolute Gasteiger partial charge is 0.392 e. The number of halogens is 1. The van der Waals surface area contributed by atoms with Gasteiger partial charge in [-0.05, 0) is 38.0 Å². The summed E-state index contributed by atoms with van der Waals surface area (Å²) >= 11 is 6.40. The van der Waals surface area contributed by atoms with Crippen molar-refractivity contribution < 1.29 is 21.9 Å². The summed E-state index contributed by atoms with van der Waals surface area (Å²) in [5.74, 6) is 0.437. The van der Waals surface area contributed by atoms with Crippen molar-refractivity contribution in [2.24, 2.45) is 5.41 Å². The van der Waals surface area contributed by atoms with Crippen LogP contribution in [0.15, 0.2) is 23.1 Å². The number of sulfonamides is 1. The molecule has 0 amide bonds. The van der Waals surface area contributed by atoms with Crippen molar-refractivity contribution in [2.45, 2.75) is 43.2 Å². The normalized spacial score (nSPS) is 27.8. The van der Waals surface area contributed by atoms with Gasteiger partial charge < -0.3 is 10.0 Å². The van der Waals surface area contributed by atoms with Crippen LogP contribution in [0.3, 0.4) is 0 Å². The van der Waals surface area contributed by atoms with Crippen LogP contribution in [0, 0.1) is 5.41 Å². The van der Waals surface area contributed by atoms with Gasteiger partial charge in [-0.1, -0.05) is 18.0 Å². The third kappa shape index (κ3) is 3.45. The second-order valence-corrected chi connectivity index (χ2v) is 12.8. The number of rotatable bonds is 4. The van der Waals surface area contributed by atoms with Gasteiger partial charge in [0.2, 0.25) is 10.0 Å². The lowest BCUT2D eigenvalue weighted by molar-refractivity contribution is 0.0831. The molecule has 156 valence electrons. The molecule has 2 atom stereocenters. The maximum atomic E-state index is 13.1. The number of hydrogen-bond donors (Lipinski definition) is 1. The van der Waals surface area contributed by atoms with Gasteiger partial charge in [0, 0.05) is 25.0 Å². The number of piperidine rings is 1. The zero-order valence-electron chi connectivity index (χ0n) is 15.7. The van der Waals surface area contributed by atoms with Gasteiger partial charge in [-0.25, -0.2) is 16.8 Å². The SMILES string of the molecule is CC(O)C1CCCCN1S(=O)(=O)c1ccc(N2CC3(C2)CS(=O)(=O)C3)c(Cl)c1. The Balaban J connectivity index is 1.53. The zero-order chi connectivity index (χ0) is 20.3. The molecule has 7 nitrogen and oxygen atoms in total. The Hall–Kier alpha value is -0.870. The van der Waals surface area contributed by atoms with E-state index in [1.54, 1.807) is 19.1 Å². The van der Waals surface area contributed by atoms with E-state index in [4.69, 9.17) is 11.6 Å². The predicted octanol–water partition coefficient (Wildman–Crippen LogP) is 1.50. The molecule has 1 aromatic rings. The highest BCUT2D eigenvalue weighted by molar-refractivity contribution is 7.92. The van der Waals surface area contributed by atoms with Crippen molar-refractivity contribution in [3.63, 3.8) is 0 Å². The van der Waals surface area contributed by atoms with Gasteiger partial charge in [-0.2, -0.15) is 4.31 Å². The maximum Gasteiger partial charge on any atom is 0.243 e. The minimum absolute atomic E-state index is 0.121. The van der Waals surface area contributed by atoms with Crippen LogP contribution in [0.5, 0.6) is 0 Å². The number of nitrogens with zero attached hydrogens (tertiary/aromatic N) is 2. The third-order valence-corrected chi connectivity index (χ3v) is 10.4. The van der Waals surface area contributed by atoms with E-state index in [-0.39, 0.29) is 21.8 Å². The number of hydrogen-bond acceptors (Lipinski definition) is 6. The molecule has 0 bridgehead atoms. The average molecular weight is 449 g/mol. The quantitative estimate of drug-likeness (QED) is 0.750. The molecule has 3 fully saturated rings. The fourth-order valence-electron chi connectivity index (χ4n) is 4.76. The highest BCUT2D eigenvalue weighted by atomic mass is 35.5. The summed E-state index contributed by atoms with van der Waals surface area (Å²) in [5.41, 5.74) is 0.562. The second-order valence-electron chi connectivity index (χ2n) is 8.42. The zero-order valence-corrected chi connectivity index (χ0v) is 18.1. The molecule has 1 N–H and O–H groups in total. The highest BCUT2D eigenvalue weighted by Crippen LogP contribution is 2.45. The summed E-state index contributed by atoms with van der Waals surface area (Å²) in [6.45, 7) is 3.25. The Labute approximate surface area is 171 Å². The molecular weight excluding hydrogens is 424 g/mol. The average Bonchev–Trinajstić information content (AvgIpc) is 2.57. The summed E-state index contributed by atoms with van der Waals surface area (Å²) in [6, 6.07) is 4.28. The smallest absolute Gasteiger partial charge is 0.243 e. The summed E-state index contributed by atoms with van der Waals surface area (Å²) in [6.07, 6.45) is 1.57. The number of sulfone groups is 1. The number of benzene rings is 1. The summed E-state index contributed by atoms with van der Waals surface area (Å²) in [7, 11) is -6.63. The molecular formula is C18H25ClN2O5S2. The molecule has 3 heterocycles. The first-order valence-electron chi connectivity index (χ1n) is 9.48. The predicted molar refractivity (Wildman–Crippen MR) is 108 cm³/mol. The van der Waals surface area contributed by atoms with Crippen molar-refractivity contribution in [1.82, 2.24) is 4.31 Å². The number of aliphatic hydroxyl groups is 1. The molecule has 1 aromatic carbocycles. The molecule has 1 spiro atoms. The van der Waals surface area contributed by atoms with Crippen LogP contribution < -0.4 is 4.90 Å². The standard InChI is InChI=1S/C18H25ClN2O5S2/c1-13(22)16-4-2-3-7-21(16)28(25,26)14-5-6-17(15(19)8-14)20-9-18(10-20)11-27(23,24)12-18/h5-6,8,13,16,22H,2-4,7,9-12H2,1H3. The van der Waals surface area contributed by atoms with Crippen molar-refractivity contribution in [3.8, 4) is 0 Å². The van der Waals surface area contributed by atoms with E-state index in [9.17, 15) is 21.9 Å². The molecule has 0 radical (unpaired) electrons. The second kappa shape index (κ2) is 6.84. The molecule has 4 rings (SSSR count). The molecule has 0 saturated carbocycles. The lowest BCUT2D eigenvalue weighted by atomic mass is 9.82. The van der Waals surface area contributed by atoms with Crippen LogP contribution in [-0.2, 0) is 19.9 Å². The van der Waals surface area contributed by atoms with Crippen LogP contribution >= 0.6 is 11.6 Å². The minimum Gasteiger partial charge on any atom is -0.392 e. The van der Waals surface area contributed by atoms with Gasteiger partial charge in [0.05, 0.1) is 39.3 Å². The summed E-state index contributed by atoms with van der Waals surface area (Å²) in [4.78, 5) is 2.11. The first-order chi connectivity index (χ1) is 13.0. The lowest BCUT2D eigenvalue weighted by Crippen LogP contribution is -2.68. The van der Waals surface area contributed by atoms with Gasteiger partial charge in [0.1, 0.15) is 0 Å². The molecule has 0 aromatic heterocycles. The van der Waals surface area contributed by atoms with E-state index >= 15 is 0 Å². The fourth-order valence-corrected chi connectivity index (χ4v) is 9.05. The van der Waals surface area contributed by atoms with Crippen LogP contribution in [0.1, 0.15) is 26.2 Å². The fraction of sp³-hybridized carbons (Fsp3) is 0.667. The Bertz CT molecular complexity index is 973. The van der Waals surface area contributed by atoms with Gasteiger partial charge in [0.15, 0.2) is 9.84 Å². The Morgan fingerprint density at radius 3 is 2.50 bits per heavy atom. The van der Waals surface area contributed by atoms with Crippen molar-refractivity contribution >= 4 is 37.1 Å². The van der Waals surface area contributed by atoms with Gasteiger partial charge in [-0.3, -0.25) is 0 Å². The van der Waals surface area contributed by atoms with E-state index < -0.39 is 32.0 Å². The molecule has 2 unspecified atom stereocenters. The van der Waals surface area contributed by atoms with Gasteiger partial charge >= 0.3 is 0 Å². The van der Waals surface area contributed by atoms with Crippen molar-refractivity contribution in [3.05, 3.63) is 23.2 Å². The first kappa shape index (κ1) is 20.4. The third-order valence-electron chi connectivity index (χ3n) is 6.03. The Morgan fingerprint density at radius 2 is 1.93 bits per heavy atom. The monoisotopic (exact) mass is 448 g/mol. The van der Waals surface area contributed by atoms with E-state index in [2.05, 4.69) is 0 Å². The molecule has 28 heavy (non-hydrogen) atoms. The van der Waals surface area contributed by atoms with Crippen LogP contribution in [0.2, 0.25) is 5.02 Å². The van der Waals surface area contributed by atoms with E-state index in [0.29, 0.717) is 31.1 Å². The lowest BCUT2D eigenvalue weighted by Gasteiger charge is -2.55. The highest BCUT2D eigenvalue weighted by Gasteiger charge is 2.56. The minimum atomic E-state index is -3.75. The van der Waals surface area contributed by atoms with E-state index in [0.717, 1.165) is 18.5 Å². The number of aliphatic hydroxyl groups excluding tert-OH is 1. The van der Waals surface area contributed by atoms with Gasteiger partial charge in [0.25, 0.3) is 0 Å². The van der Waals surface area contributed by atoms with E-state index in [1.165, 1.54) is 10.4 Å². The Kier molecular flexibility index (Phi) is 4.98. The summed E-state index contributed by atoms with van der Waals surface area (Å²) in [5, 5.41) is 10.3. The van der Waals surface area contributed by atoms with Gasteiger partial charge in [-0.15, -0.1) is 0 Å². The van der Waals surface area contributed by atoms with Crippen LogP contribution in [0.25, 0.3) is 0 Å². The van der Waals surface area contributed by atoms with Crippen molar-refractivity contribution in [1.29, 1.82) is 0 Å². The maximum absolute atomic E-state index is 13.1. The van der Waals surface area contributed by atoms with Crippen molar-refractivity contribution in [2.75, 3.05) is 36.0 Å². The Morgan fingerprint density at radius 1 is 1.25 bits per heavy atom. The topological polar surface area (TPSA) is 95.0 Å². The molecule has 0 aliphatic carbocycles. The first-order valence-corrected chi connectivity index (χ1v) is 13.1.